The lowest BCUT2D eigenvalue weighted by Crippen LogP contribution is -2.36. The van der Waals surface area contributed by atoms with Crippen molar-refractivity contribution in [2.24, 2.45) is 0 Å². The first-order valence-corrected chi connectivity index (χ1v) is 8.41. The van der Waals surface area contributed by atoms with Crippen LogP contribution in [0.3, 0.4) is 0 Å². The number of benzene rings is 2. The van der Waals surface area contributed by atoms with Gasteiger partial charge in [0.25, 0.3) is 0 Å². The highest BCUT2D eigenvalue weighted by atomic mass is 16.5. The molecule has 0 bridgehead atoms. The SMILES string of the molecule is COc1ccc(NCC(=O)NCC(=O)Nc2c(C)cc(C)cc2C)cc1. The van der Waals surface area contributed by atoms with E-state index >= 15 is 0 Å². The van der Waals surface area contributed by atoms with E-state index in [1.54, 1.807) is 19.2 Å². The lowest BCUT2D eigenvalue weighted by atomic mass is 10.1. The summed E-state index contributed by atoms with van der Waals surface area (Å²) < 4.78 is 5.08. The highest BCUT2D eigenvalue weighted by molar-refractivity contribution is 5.96. The molecular formula is C20H25N3O3. The number of hydrogen-bond donors (Lipinski definition) is 3. The zero-order chi connectivity index (χ0) is 19.1. The largest absolute Gasteiger partial charge is 0.497 e. The van der Waals surface area contributed by atoms with Gasteiger partial charge in [0.05, 0.1) is 20.2 Å². The molecule has 0 saturated carbocycles. The maximum atomic E-state index is 12.1. The van der Waals surface area contributed by atoms with Crippen LogP contribution in [0.15, 0.2) is 36.4 Å². The zero-order valence-corrected chi connectivity index (χ0v) is 15.6. The Morgan fingerprint density at radius 2 is 1.54 bits per heavy atom. The number of carbonyl (C=O) groups is 2. The molecule has 2 rings (SSSR count). The summed E-state index contributed by atoms with van der Waals surface area (Å²) in [6.45, 7) is 5.93. The van der Waals surface area contributed by atoms with Crippen molar-refractivity contribution in [3.05, 3.63) is 53.1 Å². The van der Waals surface area contributed by atoms with Gasteiger partial charge < -0.3 is 20.7 Å². The van der Waals surface area contributed by atoms with Crippen LogP contribution in [0.25, 0.3) is 0 Å². The van der Waals surface area contributed by atoms with Crippen molar-refractivity contribution in [3.8, 4) is 5.75 Å². The molecule has 0 spiro atoms. The number of amides is 2. The highest BCUT2D eigenvalue weighted by Gasteiger charge is 2.10. The van der Waals surface area contributed by atoms with Gasteiger partial charge in [0.15, 0.2) is 0 Å². The Bertz CT molecular complexity index is 762. The summed E-state index contributed by atoms with van der Waals surface area (Å²) in [4.78, 5) is 24.0. The average molecular weight is 355 g/mol. The Hall–Kier alpha value is -3.02. The standard InChI is InChI=1S/C20H25N3O3/c1-13-9-14(2)20(15(3)10-13)23-19(25)12-22-18(24)11-21-16-5-7-17(26-4)8-6-16/h5-10,21H,11-12H2,1-4H3,(H,22,24)(H,23,25). The fourth-order valence-electron chi connectivity index (χ4n) is 2.69. The average Bonchev–Trinajstić information content (AvgIpc) is 2.61. The van der Waals surface area contributed by atoms with Crippen molar-refractivity contribution in [1.82, 2.24) is 5.32 Å². The number of carbonyl (C=O) groups excluding carboxylic acids is 2. The van der Waals surface area contributed by atoms with E-state index in [4.69, 9.17) is 4.74 Å². The fraction of sp³-hybridized carbons (Fsp3) is 0.300. The summed E-state index contributed by atoms with van der Waals surface area (Å²) in [6, 6.07) is 11.3. The molecule has 0 aliphatic rings. The van der Waals surface area contributed by atoms with Crippen molar-refractivity contribution < 1.29 is 14.3 Å². The van der Waals surface area contributed by atoms with Gasteiger partial charge in [0, 0.05) is 11.4 Å². The molecule has 138 valence electrons. The van der Waals surface area contributed by atoms with Crippen LogP contribution in [0.2, 0.25) is 0 Å². The van der Waals surface area contributed by atoms with Crippen molar-refractivity contribution in [2.75, 3.05) is 30.8 Å². The molecule has 0 atom stereocenters. The zero-order valence-electron chi connectivity index (χ0n) is 15.6. The molecule has 0 aliphatic carbocycles. The molecule has 2 amide bonds. The number of ether oxygens (including phenoxy) is 1. The Morgan fingerprint density at radius 3 is 2.12 bits per heavy atom. The molecular weight excluding hydrogens is 330 g/mol. The third-order valence-corrected chi connectivity index (χ3v) is 3.93. The van der Waals surface area contributed by atoms with Crippen molar-refractivity contribution in [2.45, 2.75) is 20.8 Å². The summed E-state index contributed by atoms with van der Waals surface area (Å²) in [5.41, 5.74) is 4.75. The number of methoxy groups -OCH3 is 1. The number of aryl methyl sites for hydroxylation is 3. The van der Waals surface area contributed by atoms with Crippen LogP contribution in [0.5, 0.6) is 5.75 Å². The molecule has 6 heteroatoms. The molecule has 0 radical (unpaired) electrons. The van der Waals surface area contributed by atoms with Crippen LogP contribution >= 0.6 is 0 Å². The maximum Gasteiger partial charge on any atom is 0.243 e. The fourth-order valence-corrected chi connectivity index (χ4v) is 2.69. The quantitative estimate of drug-likeness (QED) is 0.713. The van der Waals surface area contributed by atoms with E-state index in [1.807, 2.05) is 45.0 Å². The van der Waals surface area contributed by atoms with Gasteiger partial charge in [0.1, 0.15) is 5.75 Å². The molecule has 0 aromatic heterocycles. The first-order valence-electron chi connectivity index (χ1n) is 8.41. The highest BCUT2D eigenvalue weighted by Crippen LogP contribution is 2.21. The van der Waals surface area contributed by atoms with Gasteiger partial charge in [0.2, 0.25) is 11.8 Å². The van der Waals surface area contributed by atoms with Gasteiger partial charge in [-0.1, -0.05) is 17.7 Å². The molecule has 2 aromatic carbocycles. The molecule has 0 heterocycles. The first-order chi connectivity index (χ1) is 12.4. The van der Waals surface area contributed by atoms with E-state index in [0.29, 0.717) is 0 Å². The summed E-state index contributed by atoms with van der Waals surface area (Å²) in [5, 5.41) is 8.46. The van der Waals surface area contributed by atoms with Gasteiger partial charge in [-0.15, -0.1) is 0 Å². The van der Waals surface area contributed by atoms with Crippen LogP contribution in [-0.2, 0) is 9.59 Å². The lowest BCUT2D eigenvalue weighted by molar-refractivity contribution is -0.122. The molecule has 0 aliphatic heterocycles. The lowest BCUT2D eigenvalue weighted by Gasteiger charge is -2.13. The van der Waals surface area contributed by atoms with Gasteiger partial charge in [-0.3, -0.25) is 9.59 Å². The molecule has 26 heavy (non-hydrogen) atoms. The van der Waals surface area contributed by atoms with Gasteiger partial charge >= 0.3 is 0 Å². The van der Waals surface area contributed by atoms with E-state index in [0.717, 1.165) is 33.8 Å². The monoisotopic (exact) mass is 355 g/mol. The van der Waals surface area contributed by atoms with Crippen molar-refractivity contribution in [1.29, 1.82) is 0 Å². The Balaban J connectivity index is 1.78. The molecule has 3 N–H and O–H groups in total. The van der Waals surface area contributed by atoms with Gasteiger partial charge in [-0.2, -0.15) is 0 Å². The second kappa shape index (κ2) is 8.89. The summed E-state index contributed by atoms with van der Waals surface area (Å²) in [6.07, 6.45) is 0. The Morgan fingerprint density at radius 1 is 0.923 bits per heavy atom. The van der Waals surface area contributed by atoms with E-state index in [1.165, 1.54) is 0 Å². The second-order valence-electron chi connectivity index (χ2n) is 6.18. The Kier molecular flexibility index (Phi) is 6.60. The van der Waals surface area contributed by atoms with Crippen LogP contribution in [0.1, 0.15) is 16.7 Å². The molecule has 0 fully saturated rings. The van der Waals surface area contributed by atoms with E-state index < -0.39 is 0 Å². The summed E-state index contributed by atoms with van der Waals surface area (Å²) in [7, 11) is 1.60. The number of nitrogens with one attached hydrogen (secondary N) is 3. The predicted molar refractivity (Wildman–Crippen MR) is 104 cm³/mol. The number of rotatable bonds is 7. The smallest absolute Gasteiger partial charge is 0.243 e. The molecule has 6 nitrogen and oxygen atoms in total. The van der Waals surface area contributed by atoms with Crippen molar-refractivity contribution in [3.63, 3.8) is 0 Å². The normalized spacial score (nSPS) is 10.2. The van der Waals surface area contributed by atoms with E-state index in [-0.39, 0.29) is 24.9 Å². The summed E-state index contributed by atoms with van der Waals surface area (Å²) >= 11 is 0. The van der Waals surface area contributed by atoms with Gasteiger partial charge in [-0.25, -0.2) is 0 Å². The van der Waals surface area contributed by atoms with Crippen LogP contribution in [0.4, 0.5) is 11.4 Å². The van der Waals surface area contributed by atoms with Crippen LogP contribution in [-0.4, -0.2) is 32.0 Å². The van der Waals surface area contributed by atoms with E-state index in [9.17, 15) is 9.59 Å². The van der Waals surface area contributed by atoms with Crippen LogP contribution < -0.4 is 20.7 Å². The maximum absolute atomic E-state index is 12.1. The number of anilines is 2. The predicted octanol–water partition coefficient (Wildman–Crippen LogP) is 2.79. The third kappa shape index (κ3) is 5.51. The topological polar surface area (TPSA) is 79.5 Å². The third-order valence-electron chi connectivity index (χ3n) is 3.93. The number of hydrogen-bond acceptors (Lipinski definition) is 4. The second-order valence-corrected chi connectivity index (χ2v) is 6.18. The molecule has 0 unspecified atom stereocenters. The summed E-state index contributed by atoms with van der Waals surface area (Å²) in [5.74, 6) is 0.240. The molecule has 2 aromatic rings. The minimum atomic E-state index is -0.256. The minimum Gasteiger partial charge on any atom is -0.497 e. The Labute approximate surface area is 153 Å². The van der Waals surface area contributed by atoms with Crippen molar-refractivity contribution >= 4 is 23.2 Å². The van der Waals surface area contributed by atoms with Crippen LogP contribution in [0, 0.1) is 20.8 Å². The minimum absolute atomic E-state index is 0.0735. The first kappa shape index (κ1) is 19.3. The van der Waals surface area contributed by atoms with Gasteiger partial charge in [-0.05, 0) is 56.2 Å². The molecule has 0 saturated heterocycles. The van der Waals surface area contributed by atoms with E-state index in [2.05, 4.69) is 16.0 Å².